The van der Waals surface area contributed by atoms with E-state index in [1.54, 1.807) is 11.3 Å². The van der Waals surface area contributed by atoms with Crippen molar-refractivity contribution in [2.24, 2.45) is 0 Å². The van der Waals surface area contributed by atoms with Gasteiger partial charge >= 0.3 is 0 Å². The second-order valence-electron chi connectivity index (χ2n) is 5.52. The van der Waals surface area contributed by atoms with E-state index in [9.17, 15) is 0 Å². The van der Waals surface area contributed by atoms with E-state index in [1.165, 1.54) is 15.5 Å². The second-order valence-corrected chi connectivity index (χ2v) is 7.34. The van der Waals surface area contributed by atoms with Crippen molar-refractivity contribution in [3.8, 4) is 10.6 Å². The molecular formula is C19H11BrN2S. The van der Waals surface area contributed by atoms with Gasteiger partial charge in [-0.05, 0) is 28.1 Å². The number of nitrogens with one attached hydrogen (secondary N) is 1. The SMILES string of the molecule is Brc1c2nc(-c3ccccc3)sc2cc2c1[nH]c1ccccc12. The Labute approximate surface area is 144 Å². The Hall–Kier alpha value is -2.17. The summed E-state index contributed by atoms with van der Waals surface area (Å²) in [6.07, 6.45) is 0. The average Bonchev–Trinajstić information content (AvgIpc) is 3.18. The van der Waals surface area contributed by atoms with Crippen molar-refractivity contribution in [1.29, 1.82) is 0 Å². The summed E-state index contributed by atoms with van der Waals surface area (Å²) in [4.78, 5) is 8.36. The van der Waals surface area contributed by atoms with Crippen LogP contribution in [0.3, 0.4) is 0 Å². The number of rotatable bonds is 1. The first-order valence-corrected chi connectivity index (χ1v) is 8.97. The summed E-state index contributed by atoms with van der Waals surface area (Å²) in [5.74, 6) is 0. The Kier molecular flexibility index (Phi) is 2.84. The molecule has 0 saturated heterocycles. The zero-order chi connectivity index (χ0) is 15.4. The molecule has 1 N–H and O–H groups in total. The molecule has 0 spiro atoms. The highest BCUT2D eigenvalue weighted by Crippen LogP contribution is 2.40. The Balaban J connectivity index is 1.86. The number of para-hydroxylation sites is 1. The lowest BCUT2D eigenvalue weighted by molar-refractivity contribution is 1.46. The van der Waals surface area contributed by atoms with Crippen LogP contribution in [0.2, 0.25) is 0 Å². The van der Waals surface area contributed by atoms with E-state index in [2.05, 4.69) is 63.4 Å². The number of hydrogen-bond acceptors (Lipinski definition) is 2. The minimum absolute atomic E-state index is 1.02. The molecule has 23 heavy (non-hydrogen) atoms. The quantitative estimate of drug-likeness (QED) is 0.361. The molecule has 2 nitrogen and oxygen atoms in total. The van der Waals surface area contributed by atoms with Gasteiger partial charge in [-0.1, -0.05) is 48.5 Å². The molecule has 5 rings (SSSR count). The third-order valence-corrected chi connectivity index (χ3v) is 5.95. The molecule has 0 aliphatic rings. The number of hydrogen-bond donors (Lipinski definition) is 1. The normalized spacial score (nSPS) is 11.7. The van der Waals surface area contributed by atoms with E-state index in [-0.39, 0.29) is 0 Å². The lowest BCUT2D eigenvalue weighted by Crippen LogP contribution is -1.77. The molecule has 0 atom stereocenters. The Bertz CT molecular complexity index is 1170. The smallest absolute Gasteiger partial charge is 0.124 e. The summed E-state index contributed by atoms with van der Waals surface area (Å²) >= 11 is 5.50. The molecule has 0 aliphatic carbocycles. The van der Waals surface area contributed by atoms with E-state index >= 15 is 0 Å². The van der Waals surface area contributed by atoms with Gasteiger partial charge in [-0.2, -0.15) is 0 Å². The molecule has 2 heterocycles. The minimum Gasteiger partial charge on any atom is -0.354 e. The van der Waals surface area contributed by atoms with Crippen LogP contribution in [0.25, 0.3) is 42.6 Å². The van der Waals surface area contributed by atoms with E-state index in [0.717, 1.165) is 31.6 Å². The highest BCUT2D eigenvalue weighted by molar-refractivity contribution is 9.10. The maximum Gasteiger partial charge on any atom is 0.124 e. The number of H-pyrrole nitrogens is 1. The molecule has 0 fully saturated rings. The summed E-state index contributed by atoms with van der Waals surface area (Å²) in [5, 5.41) is 3.54. The van der Waals surface area contributed by atoms with Crippen molar-refractivity contribution in [3.63, 3.8) is 0 Å². The number of benzene rings is 3. The van der Waals surface area contributed by atoms with E-state index in [4.69, 9.17) is 4.98 Å². The summed E-state index contributed by atoms with van der Waals surface area (Å²) in [6, 6.07) is 21.0. The van der Waals surface area contributed by atoms with Gasteiger partial charge in [0.1, 0.15) is 5.01 Å². The van der Waals surface area contributed by atoms with Crippen LogP contribution in [-0.4, -0.2) is 9.97 Å². The van der Waals surface area contributed by atoms with Crippen LogP contribution >= 0.6 is 27.3 Å². The van der Waals surface area contributed by atoms with Crippen molar-refractivity contribution in [2.45, 2.75) is 0 Å². The van der Waals surface area contributed by atoms with E-state index in [1.807, 2.05) is 18.2 Å². The van der Waals surface area contributed by atoms with Gasteiger partial charge in [-0.25, -0.2) is 4.98 Å². The number of halogens is 1. The molecule has 0 bridgehead atoms. The van der Waals surface area contributed by atoms with E-state index < -0.39 is 0 Å². The van der Waals surface area contributed by atoms with Crippen LogP contribution < -0.4 is 0 Å². The van der Waals surface area contributed by atoms with Crippen molar-refractivity contribution >= 4 is 59.3 Å². The van der Waals surface area contributed by atoms with Crippen molar-refractivity contribution in [1.82, 2.24) is 9.97 Å². The van der Waals surface area contributed by atoms with Gasteiger partial charge in [-0.3, -0.25) is 0 Å². The maximum absolute atomic E-state index is 4.85. The fraction of sp³-hybridized carbons (Fsp3) is 0. The first-order valence-electron chi connectivity index (χ1n) is 7.36. The molecule has 0 unspecified atom stereocenters. The molecule has 0 radical (unpaired) electrons. The number of nitrogens with zero attached hydrogens (tertiary/aromatic N) is 1. The van der Waals surface area contributed by atoms with Crippen molar-refractivity contribution < 1.29 is 0 Å². The molecule has 110 valence electrons. The van der Waals surface area contributed by atoms with Crippen LogP contribution in [0.5, 0.6) is 0 Å². The number of aromatic nitrogens is 2. The topological polar surface area (TPSA) is 28.7 Å². The molecule has 0 amide bonds. The molecule has 0 aliphatic heterocycles. The fourth-order valence-electron chi connectivity index (χ4n) is 3.03. The van der Waals surface area contributed by atoms with Gasteiger partial charge in [0, 0.05) is 21.9 Å². The average molecular weight is 379 g/mol. The van der Waals surface area contributed by atoms with Crippen LogP contribution in [0.1, 0.15) is 0 Å². The van der Waals surface area contributed by atoms with Gasteiger partial charge in [0.05, 0.1) is 20.2 Å². The third kappa shape index (κ3) is 1.95. The van der Waals surface area contributed by atoms with E-state index in [0.29, 0.717) is 0 Å². The van der Waals surface area contributed by atoms with Crippen LogP contribution in [0, 0.1) is 0 Å². The number of fused-ring (bicyclic) bond motifs is 4. The predicted molar refractivity (Wildman–Crippen MR) is 102 cm³/mol. The minimum atomic E-state index is 1.02. The lowest BCUT2D eigenvalue weighted by Gasteiger charge is -1.96. The van der Waals surface area contributed by atoms with Crippen LogP contribution in [0.15, 0.2) is 65.1 Å². The van der Waals surface area contributed by atoms with Crippen LogP contribution in [0.4, 0.5) is 0 Å². The summed E-state index contributed by atoms with van der Waals surface area (Å²) in [7, 11) is 0. The third-order valence-electron chi connectivity index (χ3n) is 4.12. The molecule has 2 aromatic heterocycles. The van der Waals surface area contributed by atoms with Crippen molar-refractivity contribution in [2.75, 3.05) is 0 Å². The van der Waals surface area contributed by atoms with Gasteiger partial charge in [-0.15, -0.1) is 11.3 Å². The number of thiazole rings is 1. The molecule has 4 heteroatoms. The zero-order valence-corrected chi connectivity index (χ0v) is 14.4. The number of aromatic amines is 1. The highest BCUT2D eigenvalue weighted by Gasteiger charge is 2.15. The Morgan fingerprint density at radius 2 is 1.70 bits per heavy atom. The zero-order valence-electron chi connectivity index (χ0n) is 12.0. The monoisotopic (exact) mass is 378 g/mol. The fourth-order valence-corrected chi connectivity index (χ4v) is 4.79. The highest BCUT2D eigenvalue weighted by atomic mass is 79.9. The molecule has 0 saturated carbocycles. The van der Waals surface area contributed by atoms with Gasteiger partial charge < -0.3 is 4.98 Å². The first kappa shape index (κ1) is 13.3. The maximum atomic E-state index is 4.85. The molecule has 5 aromatic rings. The summed E-state index contributed by atoms with van der Waals surface area (Å²) < 4.78 is 2.24. The molecule has 3 aromatic carbocycles. The Morgan fingerprint density at radius 1 is 0.913 bits per heavy atom. The lowest BCUT2D eigenvalue weighted by atomic mass is 10.1. The Morgan fingerprint density at radius 3 is 2.57 bits per heavy atom. The standard InChI is InChI=1S/C19H11BrN2S/c20-16-17-13(12-8-4-5-9-14(12)21-17)10-15-18(16)22-19(23-15)11-6-2-1-3-7-11/h1-10,21H. The predicted octanol–water partition coefficient (Wildman–Crippen LogP) is 6.36. The van der Waals surface area contributed by atoms with Gasteiger partial charge in [0.25, 0.3) is 0 Å². The van der Waals surface area contributed by atoms with Crippen LogP contribution in [-0.2, 0) is 0 Å². The van der Waals surface area contributed by atoms with Gasteiger partial charge in [0.2, 0.25) is 0 Å². The van der Waals surface area contributed by atoms with Gasteiger partial charge in [0.15, 0.2) is 0 Å². The summed E-state index contributed by atoms with van der Waals surface area (Å²) in [5.41, 5.74) is 4.45. The largest absolute Gasteiger partial charge is 0.354 e. The first-order chi connectivity index (χ1) is 11.3. The van der Waals surface area contributed by atoms with Crippen molar-refractivity contribution in [3.05, 3.63) is 65.1 Å². The summed E-state index contributed by atoms with van der Waals surface area (Å²) in [6.45, 7) is 0. The molecular weight excluding hydrogens is 368 g/mol. The second kappa shape index (κ2) is 4.91.